The van der Waals surface area contributed by atoms with Crippen molar-refractivity contribution in [3.8, 4) is 0 Å². The Morgan fingerprint density at radius 3 is 2.33 bits per heavy atom. The molecule has 0 aromatic carbocycles. The van der Waals surface area contributed by atoms with Gasteiger partial charge in [0.25, 0.3) is 0 Å². The Morgan fingerprint density at radius 1 is 1.78 bits per heavy atom. The van der Waals surface area contributed by atoms with Crippen LogP contribution in [-0.4, -0.2) is 13.0 Å². The lowest BCUT2D eigenvalue weighted by atomic mass is 10.7. The summed E-state index contributed by atoms with van der Waals surface area (Å²) in [5.41, 5.74) is 0. The molecule has 0 bridgehead atoms. The summed E-state index contributed by atoms with van der Waals surface area (Å²) in [6, 6.07) is 0. The fourth-order valence-corrected chi connectivity index (χ4v) is 0.553. The third-order valence-electron chi connectivity index (χ3n) is 0.390. The van der Waals surface area contributed by atoms with E-state index < -0.39 is 16.2 Å². The van der Waals surface area contributed by atoms with E-state index in [9.17, 15) is 12.8 Å². The maximum Gasteiger partial charge on any atom is 0.446 e. The number of hydrogen-bond acceptors (Lipinski definition) is 3. The van der Waals surface area contributed by atoms with E-state index >= 15 is 0 Å². The van der Waals surface area contributed by atoms with Crippen LogP contribution >= 0.6 is 0 Å². The summed E-state index contributed by atoms with van der Waals surface area (Å²) in [6.45, 7) is 1.05. The lowest BCUT2D eigenvalue weighted by Crippen LogP contribution is -2.00. The fraction of sp³-hybridized carbons (Fsp3) is 0.333. The van der Waals surface area contributed by atoms with Crippen LogP contribution in [0.15, 0.2) is 12.1 Å². The zero-order chi connectivity index (χ0) is 7.49. The summed E-state index contributed by atoms with van der Waals surface area (Å²) in [7, 11) is -4.54. The van der Waals surface area contributed by atoms with Gasteiger partial charge < -0.3 is 4.18 Å². The van der Waals surface area contributed by atoms with Gasteiger partial charge in [-0.3, -0.25) is 4.55 Å². The maximum atomic E-state index is 11.3. The number of halogens is 1. The van der Waals surface area contributed by atoms with Gasteiger partial charge in [-0.25, -0.2) is 4.39 Å². The molecule has 0 unspecified atom stereocenters. The van der Waals surface area contributed by atoms with Gasteiger partial charge in [-0.2, -0.15) is 8.42 Å². The van der Waals surface area contributed by atoms with Gasteiger partial charge in [-0.15, -0.1) is 0 Å². The lowest BCUT2D eigenvalue weighted by molar-refractivity contribution is 0.327. The maximum absolute atomic E-state index is 11.3. The molecule has 0 aliphatic rings. The highest BCUT2D eigenvalue weighted by molar-refractivity contribution is 7.81. The Hall–Kier alpha value is -0.620. The molecule has 0 fully saturated rings. The number of rotatable bonds is 2. The smallest absolute Gasteiger partial charge is 0.364 e. The molecule has 0 atom stereocenters. The quantitative estimate of drug-likeness (QED) is 0.470. The van der Waals surface area contributed by atoms with Gasteiger partial charge in [0.15, 0.2) is 0 Å². The van der Waals surface area contributed by atoms with Crippen molar-refractivity contribution in [1.82, 2.24) is 0 Å². The van der Waals surface area contributed by atoms with E-state index in [0.29, 0.717) is 0 Å². The Balaban J connectivity index is 4.07. The van der Waals surface area contributed by atoms with E-state index in [1.165, 1.54) is 0 Å². The third kappa shape index (κ3) is 5.25. The van der Waals surface area contributed by atoms with E-state index in [4.69, 9.17) is 4.55 Å². The summed E-state index contributed by atoms with van der Waals surface area (Å²) in [5, 5.41) is 0. The highest BCUT2D eigenvalue weighted by Gasteiger charge is 2.04. The van der Waals surface area contributed by atoms with Crippen molar-refractivity contribution in [3.63, 3.8) is 0 Å². The van der Waals surface area contributed by atoms with Crippen molar-refractivity contribution in [2.75, 3.05) is 0 Å². The Bertz CT molecular complexity index is 204. The van der Waals surface area contributed by atoms with Crippen LogP contribution in [-0.2, 0) is 14.6 Å². The van der Waals surface area contributed by atoms with Crippen LogP contribution in [0.2, 0.25) is 0 Å². The van der Waals surface area contributed by atoms with E-state index in [0.717, 1.165) is 6.92 Å². The first-order valence-electron chi connectivity index (χ1n) is 1.89. The van der Waals surface area contributed by atoms with Gasteiger partial charge in [-0.05, 0) is 6.92 Å². The average molecular weight is 156 g/mol. The molecule has 9 heavy (non-hydrogen) atoms. The molecule has 0 aromatic heterocycles. The second-order valence-corrected chi connectivity index (χ2v) is 2.25. The topological polar surface area (TPSA) is 63.6 Å². The highest BCUT2D eigenvalue weighted by Crippen LogP contribution is 1.99. The predicted octanol–water partition coefficient (Wildman–Crippen LogP) is 0.637. The van der Waals surface area contributed by atoms with Gasteiger partial charge in [-0.1, -0.05) is 0 Å². The molecule has 0 rings (SSSR count). The molecule has 0 amide bonds. The van der Waals surface area contributed by atoms with Crippen LogP contribution in [0, 0.1) is 0 Å². The minimum Gasteiger partial charge on any atom is -0.364 e. The summed E-state index contributed by atoms with van der Waals surface area (Å²) in [6.07, 6.45) is -0.0756. The van der Waals surface area contributed by atoms with Crippen LogP contribution in [0.25, 0.3) is 0 Å². The Labute approximate surface area is 51.9 Å². The molecule has 54 valence electrons. The van der Waals surface area contributed by atoms with Crippen LogP contribution in [0.3, 0.4) is 0 Å². The van der Waals surface area contributed by atoms with Gasteiger partial charge in [0.05, 0.1) is 0 Å². The summed E-state index contributed by atoms with van der Waals surface area (Å²) in [4.78, 5) is 0. The van der Waals surface area contributed by atoms with Crippen molar-refractivity contribution < 1.29 is 21.5 Å². The molecule has 1 N–H and O–H groups in total. The average Bonchev–Trinajstić information content (AvgIpc) is 1.62. The molecule has 0 saturated carbocycles. The second-order valence-electron chi connectivity index (χ2n) is 1.23. The van der Waals surface area contributed by atoms with E-state index in [2.05, 4.69) is 4.18 Å². The molecule has 0 saturated heterocycles. The molecule has 0 aliphatic heterocycles. The second kappa shape index (κ2) is 2.79. The fourth-order valence-electron chi connectivity index (χ4n) is 0.184. The van der Waals surface area contributed by atoms with E-state index in [-0.39, 0.29) is 6.33 Å². The van der Waals surface area contributed by atoms with Gasteiger partial charge in [0.1, 0.15) is 12.1 Å². The Kier molecular flexibility index (Phi) is 2.60. The molecule has 0 aliphatic carbocycles. The highest BCUT2D eigenvalue weighted by atomic mass is 32.3. The molecule has 4 nitrogen and oxygen atoms in total. The molecule has 6 heteroatoms. The monoisotopic (exact) mass is 156 g/mol. The largest absolute Gasteiger partial charge is 0.446 e. The molecule has 0 aromatic rings. The molecule has 0 spiro atoms. The van der Waals surface area contributed by atoms with Crippen molar-refractivity contribution in [3.05, 3.63) is 12.1 Å². The van der Waals surface area contributed by atoms with Crippen molar-refractivity contribution in [2.24, 2.45) is 0 Å². The Morgan fingerprint density at radius 2 is 2.22 bits per heavy atom. The van der Waals surface area contributed by atoms with Crippen LogP contribution < -0.4 is 0 Å². The zero-order valence-corrected chi connectivity index (χ0v) is 5.35. The first-order chi connectivity index (χ1) is 3.95. The van der Waals surface area contributed by atoms with Crippen molar-refractivity contribution in [2.45, 2.75) is 6.92 Å². The summed E-state index contributed by atoms with van der Waals surface area (Å²) in [5.74, 6) is -0.516. The number of hydrogen-bond donors (Lipinski definition) is 1. The lowest BCUT2D eigenvalue weighted by Gasteiger charge is -1.95. The first-order valence-corrected chi connectivity index (χ1v) is 3.26. The van der Waals surface area contributed by atoms with E-state index in [1.54, 1.807) is 0 Å². The van der Waals surface area contributed by atoms with E-state index in [1.807, 2.05) is 0 Å². The minimum atomic E-state index is -4.54. The summed E-state index contributed by atoms with van der Waals surface area (Å²) >= 11 is 0. The normalized spacial score (nSPS) is 13.4. The van der Waals surface area contributed by atoms with Crippen LogP contribution in [0.1, 0.15) is 6.92 Å². The first kappa shape index (κ1) is 8.38. The molecule has 0 radical (unpaired) electrons. The van der Waals surface area contributed by atoms with Crippen LogP contribution in [0.4, 0.5) is 4.39 Å². The summed E-state index contributed by atoms with van der Waals surface area (Å²) < 4.78 is 42.2. The van der Waals surface area contributed by atoms with Crippen molar-refractivity contribution in [1.29, 1.82) is 0 Å². The van der Waals surface area contributed by atoms with Gasteiger partial charge >= 0.3 is 10.4 Å². The number of allylic oxidation sites excluding steroid dienone is 1. The van der Waals surface area contributed by atoms with Gasteiger partial charge in [0.2, 0.25) is 0 Å². The SMILES string of the molecule is CC(=CF)OS(=O)(=O)O. The zero-order valence-electron chi connectivity index (χ0n) is 4.54. The minimum absolute atomic E-state index is 0.0756. The van der Waals surface area contributed by atoms with Gasteiger partial charge in [0, 0.05) is 0 Å². The molecular formula is C3H5FO4S. The standard InChI is InChI=1S/C3H5FO4S/c1-3(2-4)8-9(5,6)7/h2H,1H3,(H,5,6,7). The third-order valence-corrected chi connectivity index (χ3v) is 0.864. The van der Waals surface area contributed by atoms with Crippen molar-refractivity contribution >= 4 is 10.4 Å². The van der Waals surface area contributed by atoms with Crippen LogP contribution in [0.5, 0.6) is 0 Å². The molecular weight excluding hydrogens is 151 g/mol. The molecule has 0 heterocycles. The predicted molar refractivity (Wildman–Crippen MR) is 27.5 cm³/mol.